The topological polar surface area (TPSA) is 74.8 Å². The van der Waals surface area contributed by atoms with Crippen molar-refractivity contribution in [1.82, 2.24) is 9.80 Å². The van der Waals surface area contributed by atoms with Gasteiger partial charge in [-0.25, -0.2) is 0 Å². The van der Waals surface area contributed by atoms with Crippen molar-refractivity contribution in [2.45, 2.75) is 191 Å². The maximum absolute atomic E-state index is 15.3. The van der Waals surface area contributed by atoms with E-state index in [0.29, 0.717) is 22.3 Å². The molecule has 0 fully saturated rings. The maximum atomic E-state index is 15.3. The van der Waals surface area contributed by atoms with Crippen LogP contribution in [0.15, 0.2) is 36.4 Å². The second-order valence-corrected chi connectivity index (χ2v) is 31.2. The van der Waals surface area contributed by atoms with Gasteiger partial charge in [-0.1, -0.05) is 0 Å². The zero-order valence-corrected chi connectivity index (χ0v) is 41.1. The fraction of sp³-hybridized carbons (Fsp3) is 0.556. The third-order valence-corrected chi connectivity index (χ3v) is 30.2. The van der Waals surface area contributed by atoms with Gasteiger partial charge in [-0.2, -0.15) is 0 Å². The number of carbonyl (C=O) groups is 4. The first-order chi connectivity index (χ1) is 29.7. The number of carbonyl (C=O) groups excluding carboxylic acids is 4. The first-order valence-electron chi connectivity index (χ1n) is 24.8. The molecule has 7 heteroatoms. The quantitative estimate of drug-likeness (QED) is 0.0203. The first-order valence-corrected chi connectivity index (χ1v) is 31.7. The van der Waals surface area contributed by atoms with Crippen LogP contribution in [0.3, 0.4) is 0 Å². The Morgan fingerprint density at radius 2 is 0.721 bits per heavy atom. The third kappa shape index (κ3) is 7.21. The standard InChI is InChI=1S/C46H52N2O4.2C4H9.Sn/c1-5-9-13-17-29(18-14-10-6-2)47-43(49)35-25-21-31-33-23-27-37-42-38(46(52)48(45(37)51)30(19-15-11-7-3)20-16-12-8-4)28-24-34(40(33)42)32-22-26-36(44(47)50)41(35)39(31)32;2*1-3-4-2;/h21,23,25-30H,5-20H2,1-4H3;2*1,3-4H2,2H3;. The Kier molecular flexibility index (Phi) is 13.5. The van der Waals surface area contributed by atoms with Crippen LogP contribution >= 0.6 is 0 Å². The van der Waals surface area contributed by atoms with Gasteiger partial charge in [0.2, 0.25) is 0 Å². The second-order valence-electron chi connectivity index (χ2n) is 19.1. The third-order valence-electron chi connectivity index (χ3n) is 15.1. The number of unbranched alkanes of at least 4 members (excludes halogenated alkanes) is 10. The number of rotatable bonds is 24. The zero-order chi connectivity index (χ0) is 43.0. The summed E-state index contributed by atoms with van der Waals surface area (Å²) in [5.74, 6) is -0.523. The molecule has 3 heterocycles. The Labute approximate surface area is 368 Å². The van der Waals surface area contributed by atoms with E-state index < -0.39 is 18.4 Å². The minimum absolute atomic E-state index is 0.115. The summed E-state index contributed by atoms with van der Waals surface area (Å²) in [7, 11) is 0. The summed E-state index contributed by atoms with van der Waals surface area (Å²) in [4.78, 5) is 63.8. The Bertz CT molecular complexity index is 2290. The molecule has 0 unspecified atom stereocenters. The van der Waals surface area contributed by atoms with Crippen LogP contribution in [0.4, 0.5) is 0 Å². The molecular weight excluding hydrogens is 859 g/mol. The van der Waals surface area contributed by atoms with E-state index >= 15 is 9.59 Å². The van der Waals surface area contributed by atoms with Gasteiger partial charge in [-0.15, -0.1) is 0 Å². The van der Waals surface area contributed by atoms with Crippen LogP contribution < -0.4 is 7.16 Å². The van der Waals surface area contributed by atoms with E-state index in [1.165, 1.54) is 17.9 Å². The molecule has 6 nitrogen and oxygen atoms in total. The van der Waals surface area contributed by atoms with E-state index in [4.69, 9.17) is 0 Å². The van der Waals surface area contributed by atoms with Crippen LogP contribution in [-0.2, 0) is 0 Å². The van der Waals surface area contributed by atoms with Gasteiger partial charge >= 0.3 is 371 Å². The molecule has 0 aromatic heterocycles. The monoisotopic (exact) mass is 930 g/mol. The molecule has 8 rings (SSSR count). The summed E-state index contributed by atoms with van der Waals surface area (Å²) in [6, 6.07) is 12.6. The summed E-state index contributed by atoms with van der Waals surface area (Å²) >= 11 is -3.74. The van der Waals surface area contributed by atoms with E-state index in [-0.39, 0.29) is 35.7 Å². The van der Waals surface area contributed by atoms with Gasteiger partial charge in [-0.3, -0.25) is 0 Å². The molecule has 324 valence electrons. The molecule has 0 radical (unpaired) electrons. The van der Waals surface area contributed by atoms with Crippen molar-refractivity contribution in [3.63, 3.8) is 0 Å². The van der Waals surface area contributed by atoms with Crippen molar-refractivity contribution in [3.8, 4) is 0 Å². The first kappa shape index (κ1) is 44.1. The van der Waals surface area contributed by atoms with E-state index in [2.05, 4.69) is 65.8 Å². The predicted octanol–water partition coefficient (Wildman–Crippen LogP) is 13.5. The number of amides is 4. The van der Waals surface area contributed by atoms with E-state index in [0.717, 1.165) is 170 Å². The summed E-state index contributed by atoms with van der Waals surface area (Å²) in [5.41, 5.74) is 2.72. The van der Waals surface area contributed by atoms with Crippen molar-refractivity contribution >= 4 is 92.3 Å². The molecule has 0 saturated carbocycles. The van der Waals surface area contributed by atoms with Gasteiger partial charge in [-0.05, 0) is 0 Å². The molecule has 3 aliphatic rings. The SMILES string of the molecule is CCCCCC(CCCCC)N1C(=O)c2ccc3c4ccc5c6c(c[c]7c(c8[c](cc(c2c38)C1=O)[Sn]7([CH2]CCC)[CH2]CCC)c64)C(=O)N(C(CCCCC)CCCCC)C5=O. The summed E-state index contributed by atoms with van der Waals surface area (Å²) in [5, 5.41) is 8.27. The number of benzene rings is 5. The molecule has 4 amide bonds. The van der Waals surface area contributed by atoms with Crippen LogP contribution in [0.5, 0.6) is 0 Å². The van der Waals surface area contributed by atoms with Crippen LogP contribution in [-0.4, -0.2) is 63.9 Å². The van der Waals surface area contributed by atoms with Crippen LogP contribution in [0.2, 0.25) is 8.87 Å². The molecule has 0 saturated heterocycles. The normalized spacial score (nSPS) is 15.7. The van der Waals surface area contributed by atoms with Gasteiger partial charge in [0.15, 0.2) is 0 Å². The fourth-order valence-electron chi connectivity index (χ4n) is 12.0. The Morgan fingerprint density at radius 3 is 1.05 bits per heavy atom. The summed E-state index contributed by atoms with van der Waals surface area (Å²) in [6.45, 7) is 13.4. The van der Waals surface area contributed by atoms with E-state index in [9.17, 15) is 9.59 Å². The van der Waals surface area contributed by atoms with Gasteiger partial charge in [0.1, 0.15) is 0 Å². The Morgan fingerprint density at radius 1 is 0.393 bits per heavy atom. The Balaban J connectivity index is 1.39. The van der Waals surface area contributed by atoms with Crippen molar-refractivity contribution in [2.75, 3.05) is 0 Å². The van der Waals surface area contributed by atoms with Gasteiger partial charge in [0.25, 0.3) is 0 Å². The van der Waals surface area contributed by atoms with Gasteiger partial charge < -0.3 is 0 Å². The number of hydrogen-bond acceptors (Lipinski definition) is 4. The average molecular weight is 930 g/mol. The fourth-order valence-corrected chi connectivity index (χ4v) is 28.6. The number of hydrogen-bond donors (Lipinski definition) is 0. The Hall–Kier alpha value is -3.52. The molecular formula is C54H70N2O4Sn. The van der Waals surface area contributed by atoms with Crippen molar-refractivity contribution in [3.05, 3.63) is 58.7 Å². The minimum atomic E-state index is -3.74. The van der Waals surface area contributed by atoms with Gasteiger partial charge in [0, 0.05) is 0 Å². The molecule has 0 bridgehead atoms. The molecule has 0 N–H and O–H groups in total. The van der Waals surface area contributed by atoms with Gasteiger partial charge in [0.05, 0.1) is 0 Å². The molecule has 3 aliphatic heterocycles. The van der Waals surface area contributed by atoms with Crippen LogP contribution in [0.25, 0.3) is 43.1 Å². The second kappa shape index (κ2) is 18.7. The summed E-state index contributed by atoms with van der Waals surface area (Å²) in [6.07, 6.45) is 20.5. The van der Waals surface area contributed by atoms with Crippen LogP contribution in [0, 0.1) is 0 Å². The summed E-state index contributed by atoms with van der Waals surface area (Å²) < 4.78 is 5.02. The van der Waals surface area contributed by atoms with Crippen molar-refractivity contribution in [2.24, 2.45) is 0 Å². The average Bonchev–Trinajstić information content (AvgIpc) is 3.54. The molecule has 5 aromatic rings. The van der Waals surface area contributed by atoms with E-state index in [1.54, 1.807) is 9.80 Å². The molecule has 0 atom stereocenters. The van der Waals surface area contributed by atoms with Crippen molar-refractivity contribution < 1.29 is 19.2 Å². The molecule has 0 aliphatic carbocycles. The number of imide groups is 2. The van der Waals surface area contributed by atoms with Crippen molar-refractivity contribution in [1.29, 1.82) is 0 Å². The zero-order valence-electron chi connectivity index (χ0n) is 38.2. The number of fused-ring (bicyclic) bond motifs is 1. The number of nitrogens with zero attached hydrogens (tertiary/aromatic N) is 2. The molecule has 5 aromatic carbocycles. The van der Waals surface area contributed by atoms with E-state index in [1.807, 2.05) is 12.1 Å². The molecule has 61 heavy (non-hydrogen) atoms. The van der Waals surface area contributed by atoms with Crippen LogP contribution in [0.1, 0.15) is 211 Å². The predicted molar refractivity (Wildman–Crippen MR) is 257 cm³/mol. The molecule has 0 spiro atoms.